The van der Waals surface area contributed by atoms with Crippen molar-refractivity contribution in [2.75, 3.05) is 11.9 Å². The maximum atomic E-state index is 4.59. The number of hydrogen-bond donors (Lipinski definition) is 1. The second-order valence-electron chi connectivity index (χ2n) is 6.96. The molecular weight excluding hydrogens is 322 g/mol. The molecule has 5 heteroatoms. The molecule has 0 bridgehead atoms. The van der Waals surface area contributed by atoms with Crippen molar-refractivity contribution in [1.82, 2.24) is 19.6 Å². The molecule has 1 aliphatic carbocycles. The summed E-state index contributed by atoms with van der Waals surface area (Å²) in [5.41, 5.74) is 5.61. The molecule has 1 aliphatic rings. The Kier molecular flexibility index (Phi) is 3.45. The molecule has 3 aromatic heterocycles. The maximum Gasteiger partial charge on any atom is 0.241 e. The smallest absolute Gasteiger partial charge is 0.241 e. The first-order valence-corrected chi connectivity index (χ1v) is 8.86. The Morgan fingerprint density at radius 2 is 2.08 bits per heavy atom. The molecule has 4 aromatic rings. The third-order valence-electron chi connectivity index (χ3n) is 5.03. The predicted molar refractivity (Wildman–Crippen MR) is 104 cm³/mol. The van der Waals surface area contributed by atoms with E-state index in [9.17, 15) is 0 Å². The van der Waals surface area contributed by atoms with Crippen molar-refractivity contribution in [2.45, 2.75) is 12.8 Å². The highest BCUT2D eigenvalue weighted by Crippen LogP contribution is 2.31. The van der Waals surface area contributed by atoms with Crippen molar-refractivity contribution in [1.29, 1.82) is 0 Å². The summed E-state index contributed by atoms with van der Waals surface area (Å²) in [7, 11) is 0. The van der Waals surface area contributed by atoms with E-state index in [-0.39, 0.29) is 0 Å². The van der Waals surface area contributed by atoms with Crippen LogP contribution in [0.1, 0.15) is 12.8 Å². The Balaban J connectivity index is 1.44. The van der Waals surface area contributed by atoms with Gasteiger partial charge in [0, 0.05) is 29.9 Å². The number of benzene rings is 1. The molecule has 1 fully saturated rings. The lowest BCUT2D eigenvalue weighted by Gasteiger charge is -2.28. The van der Waals surface area contributed by atoms with Crippen LogP contribution < -0.4 is 5.32 Å². The molecule has 1 aromatic carbocycles. The molecule has 0 radical (unpaired) electrons. The summed E-state index contributed by atoms with van der Waals surface area (Å²) in [6, 6.07) is 12.4. The van der Waals surface area contributed by atoms with E-state index in [1.54, 1.807) is 0 Å². The Labute approximate surface area is 151 Å². The Morgan fingerprint density at radius 3 is 2.96 bits per heavy atom. The fraction of sp³-hybridized carbons (Fsp3) is 0.190. The molecule has 0 spiro atoms. The van der Waals surface area contributed by atoms with Crippen molar-refractivity contribution >= 4 is 22.4 Å². The number of allylic oxidation sites excluding steroid dienone is 1. The van der Waals surface area contributed by atoms with Crippen molar-refractivity contribution in [3.8, 4) is 11.1 Å². The van der Waals surface area contributed by atoms with Crippen LogP contribution in [0.3, 0.4) is 0 Å². The van der Waals surface area contributed by atoms with E-state index >= 15 is 0 Å². The van der Waals surface area contributed by atoms with Gasteiger partial charge in [-0.15, -0.1) is 5.10 Å². The minimum absolute atomic E-state index is 0.660. The molecule has 5 nitrogen and oxygen atoms in total. The van der Waals surface area contributed by atoms with Crippen LogP contribution in [0.25, 0.3) is 27.5 Å². The second kappa shape index (κ2) is 5.95. The normalized spacial score (nSPS) is 14.7. The Bertz CT molecular complexity index is 1120. The number of anilines is 1. The number of pyridine rings is 1. The lowest BCUT2D eigenvalue weighted by Crippen LogP contribution is -2.23. The highest BCUT2D eigenvalue weighted by atomic mass is 15.3. The molecular formula is C21H19N5. The van der Waals surface area contributed by atoms with Gasteiger partial charge in [-0.1, -0.05) is 24.3 Å². The molecule has 0 saturated heterocycles. The van der Waals surface area contributed by atoms with Gasteiger partial charge in [0.05, 0.1) is 17.2 Å². The van der Waals surface area contributed by atoms with Gasteiger partial charge in [0.1, 0.15) is 0 Å². The van der Waals surface area contributed by atoms with Gasteiger partial charge in [0.15, 0.2) is 0 Å². The van der Waals surface area contributed by atoms with E-state index in [4.69, 9.17) is 0 Å². The van der Waals surface area contributed by atoms with Gasteiger partial charge in [0.2, 0.25) is 5.95 Å². The first kappa shape index (κ1) is 15.1. The molecule has 3 heterocycles. The lowest BCUT2D eigenvalue weighted by atomic mass is 9.81. The van der Waals surface area contributed by atoms with E-state index in [1.807, 2.05) is 29.2 Å². The first-order valence-electron chi connectivity index (χ1n) is 8.86. The Hall–Kier alpha value is -3.21. The molecule has 128 valence electrons. The largest absolute Gasteiger partial charge is 0.353 e. The third-order valence-corrected chi connectivity index (χ3v) is 5.03. The van der Waals surface area contributed by atoms with E-state index in [0.29, 0.717) is 11.9 Å². The van der Waals surface area contributed by atoms with Crippen LogP contribution in [0, 0.1) is 5.92 Å². The summed E-state index contributed by atoms with van der Waals surface area (Å²) in [5.74, 6) is 1.33. The van der Waals surface area contributed by atoms with E-state index in [2.05, 4.69) is 57.3 Å². The third kappa shape index (κ3) is 2.62. The standard InChI is InChI=1S/C21H19N5/c1-14-9-15(10-14)12-23-21-24-13-20-18(6-8-26(20)25-21)16-4-5-19-17(11-16)3-2-7-22-19/h2-8,11,13,15H,1,9-10,12H2,(H,23,25). The predicted octanol–water partition coefficient (Wildman–Crippen LogP) is 4.32. The lowest BCUT2D eigenvalue weighted by molar-refractivity contribution is 0.441. The van der Waals surface area contributed by atoms with Crippen molar-refractivity contribution in [3.05, 3.63) is 67.1 Å². The minimum atomic E-state index is 0.660. The fourth-order valence-electron chi connectivity index (χ4n) is 3.61. The summed E-state index contributed by atoms with van der Waals surface area (Å²) in [4.78, 5) is 8.88. The maximum absolute atomic E-state index is 4.59. The fourth-order valence-corrected chi connectivity index (χ4v) is 3.61. The summed E-state index contributed by atoms with van der Waals surface area (Å²) in [5, 5.41) is 9.06. The molecule has 0 amide bonds. The van der Waals surface area contributed by atoms with Crippen LogP contribution in [0.15, 0.2) is 67.1 Å². The number of nitrogens with zero attached hydrogens (tertiary/aromatic N) is 4. The summed E-state index contributed by atoms with van der Waals surface area (Å²) in [6.45, 7) is 4.89. The zero-order valence-electron chi connectivity index (χ0n) is 14.4. The summed E-state index contributed by atoms with van der Waals surface area (Å²) in [6.07, 6.45) is 7.91. The van der Waals surface area contributed by atoms with Crippen molar-refractivity contribution in [3.63, 3.8) is 0 Å². The molecule has 1 saturated carbocycles. The number of nitrogens with one attached hydrogen (secondary N) is 1. The zero-order chi connectivity index (χ0) is 17.5. The average molecular weight is 341 g/mol. The molecule has 0 atom stereocenters. The van der Waals surface area contributed by atoms with E-state index in [1.165, 1.54) is 5.57 Å². The SMILES string of the molecule is C=C1CC(CNc2ncc3c(-c4ccc5ncccc5c4)ccn3n2)C1. The minimum Gasteiger partial charge on any atom is -0.353 e. The van der Waals surface area contributed by atoms with Crippen LogP contribution in [0.5, 0.6) is 0 Å². The topological polar surface area (TPSA) is 55.1 Å². The molecule has 5 rings (SSSR count). The highest BCUT2D eigenvalue weighted by Gasteiger charge is 2.21. The van der Waals surface area contributed by atoms with Gasteiger partial charge in [0.25, 0.3) is 0 Å². The Morgan fingerprint density at radius 1 is 1.15 bits per heavy atom. The number of fused-ring (bicyclic) bond motifs is 2. The summed E-state index contributed by atoms with van der Waals surface area (Å²) < 4.78 is 1.89. The first-order chi connectivity index (χ1) is 12.8. The van der Waals surface area contributed by atoms with E-state index in [0.717, 1.165) is 46.9 Å². The molecule has 26 heavy (non-hydrogen) atoms. The van der Waals surface area contributed by atoms with Gasteiger partial charge in [-0.05, 0) is 48.6 Å². The van der Waals surface area contributed by atoms with Gasteiger partial charge in [-0.2, -0.15) is 0 Å². The van der Waals surface area contributed by atoms with E-state index < -0.39 is 0 Å². The van der Waals surface area contributed by atoms with Crippen LogP contribution in [0.2, 0.25) is 0 Å². The molecule has 1 N–H and O–H groups in total. The monoisotopic (exact) mass is 341 g/mol. The van der Waals surface area contributed by atoms with Crippen LogP contribution >= 0.6 is 0 Å². The summed E-state index contributed by atoms with van der Waals surface area (Å²) >= 11 is 0. The average Bonchev–Trinajstić information content (AvgIpc) is 3.07. The number of hydrogen-bond acceptors (Lipinski definition) is 4. The van der Waals surface area contributed by atoms with Crippen molar-refractivity contribution in [2.24, 2.45) is 5.92 Å². The van der Waals surface area contributed by atoms with Gasteiger partial charge in [-0.3, -0.25) is 4.98 Å². The van der Waals surface area contributed by atoms with Crippen LogP contribution in [-0.4, -0.2) is 26.1 Å². The quantitative estimate of drug-likeness (QED) is 0.562. The van der Waals surface area contributed by atoms with Crippen molar-refractivity contribution < 1.29 is 0 Å². The second-order valence-corrected chi connectivity index (χ2v) is 6.96. The van der Waals surface area contributed by atoms with Gasteiger partial charge < -0.3 is 5.32 Å². The van der Waals surface area contributed by atoms with Gasteiger partial charge >= 0.3 is 0 Å². The number of aromatic nitrogens is 4. The van der Waals surface area contributed by atoms with Gasteiger partial charge in [-0.25, -0.2) is 9.50 Å². The molecule has 0 aliphatic heterocycles. The number of rotatable bonds is 4. The highest BCUT2D eigenvalue weighted by molar-refractivity contribution is 5.88. The van der Waals surface area contributed by atoms with Crippen LogP contribution in [-0.2, 0) is 0 Å². The van der Waals surface area contributed by atoms with Crippen LogP contribution in [0.4, 0.5) is 5.95 Å². The molecule has 0 unspecified atom stereocenters. The zero-order valence-corrected chi connectivity index (χ0v) is 14.4.